The monoisotopic (exact) mass is 365 g/mol. The fourth-order valence-electron chi connectivity index (χ4n) is 3.63. The molecule has 1 aromatic rings. The summed E-state index contributed by atoms with van der Waals surface area (Å²) in [6.45, 7) is 2.45. The Bertz CT molecular complexity index is 668. The van der Waals surface area contributed by atoms with E-state index in [0.717, 1.165) is 44.4 Å². The fraction of sp³-hybridized carbons (Fsp3) is 0.579. The van der Waals surface area contributed by atoms with Gasteiger partial charge in [-0.15, -0.1) is 0 Å². The van der Waals surface area contributed by atoms with Gasteiger partial charge in [-0.05, 0) is 37.8 Å². The van der Waals surface area contributed by atoms with Gasteiger partial charge < -0.3 is 15.1 Å². The van der Waals surface area contributed by atoms with E-state index in [4.69, 9.17) is 0 Å². The van der Waals surface area contributed by atoms with Gasteiger partial charge >= 0.3 is 0 Å². The first-order chi connectivity index (χ1) is 12.5. The van der Waals surface area contributed by atoms with Gasteiger partial charge in [0.25, 0.3) is 0 Å². The summed E-state index contributed by atoms with van der Waals surface area (Å²) in [6.07, 6.45) is 4.58. The van der Waals surface area contributed by atoms with E-state index in [1.54, 1.807) is 9.80 Å². The molecule has 2 aliphatic rings. The van der Waals surface area contributed by atoms with Crippen LogP contribution in [-0.2, 0) is 9.59 Å². The highest BCUT2D eigenvalue weighted by Crippen LogP contribution is 2.19. The first kappa shape index (κ1) is 18.6. The van der Waals surface area contributed by atoms with Crippen LogP contribution in [0.25, 0.3) is 0 Å². The number of carbonyl (C=O) groups excluding carboxylic acids is 2. The maximum atomic E-state index is 13.3. The minimum absolute atomic E-state index is 0.00850. The van der Waals surface area contributed by atoms with Crippen molar-refractivity contribution >= 4 is 17.5 Å². The van der Waals surface area contributed by atoms with Crippen molar-refractivity contribution in [3.05, 3.63) is 29.8 Å². The molecule has 0 saturated carbocycles. The topological polar surface area (TPSA) is 52.7 Å². The van der Waals surface area contributed by atoms with Gasteiger partial charge in [0.05, 0.1) is 0 Å². The maximum Gasteiger partial charge on any atom is 0.224 e. The van der Waals surface area contributed by atoms with Gasteiger partial charge in [0.15, 0.2) is 11.6 Å². The molecule has 142 valence electrons. The van der Waals surface area contributed by atoms with Crippen LogP contribution in [0.3, 0.4) is 0 Å². The van der Waals surface area contributed by atoms with Crippen LogP contribution in [-0.4, -0.2) is 53.8 Å². The van der Waals surface area contributed by atoms with Gasteiger partial charge in [0.1, 0.15) is 0 Å². The van der Waals surface area contributed by atoms with Crippen molar-refractivity contribution in [1.82, 2.24) is 9.80 Å². The van der Waals surface area contributed by atoms with E-state index in [9.17, 15) is 18.4 Å². The molecule has 2 fully saturated rings. The minimum Gasteiger partial charge on any atom is -0.380 e. The molecule has 1 atom stereocenters. The summed E-state index contributed by atoms with van der Waals surface area (Å²) in [5.41, 5.74) is 0.516. The van der Waals surface area contributed by atoms with Crippen molar-refractivity contribution in [2.45, 2.75) is 44.6 Å². The van der Waals surface area contributed by atoms with E-state index in [2.05, 4.69) is 5.32 Å². The third kappa shape index (κ3) is 4.71. The van der Waals surface area contributed by atoms with E-state index >= 15 is 0 Å². The summed E-state index contributed by atoms with van der Waals surface area (Å²) in [6, 6.07) is 3.74. The highest BCUT2D eigenvalue weighted by Gasteiger charge is 2.25. The van der Waals surface area contributed by atoms with Crippen LogP contribution in [0.5, 0.6) is 0 Å². The molecule has 2 saturated heterocycles. The lowest BCUT2D eigenvalue weighted by atomic mass is 10.0. The number of likely N-dealkylation sites (tertiary alicyclic amines) is 2. The molecule has 0 spiro atoms. The minimum atomic E-state index is -0.884. The second kappa shape index (κ2) is 8.47. The van der Waals surface area contributed by atoms with Gasteiger partial charge in [0, 0.05) is 56.8 Å². The van der Waals surface area contributed by atoms with Crippen molar-refractivity contribution in [1.29, 1.82) is 0 Å². The van der Waals surface area contributed by atoms with Crippen molar-refractivity contribution in [2.24, 2.45) is 0 Å². The first-order valence-electron chi connectivity index (χ1n) is 9.30. The van der Waals surface area contributed by atoms with Crippen LogP contribution in [0, 0.1) is 11.6 Å². The molecule has 0 bridgehead atoms. The van der Waals surface area contributed by atoms with E-state index in [1.165, 1.54) is 6.07 Å². The van der Waals surface area contributed by atoms with Gasteiger partial charge in [-0.2, -0.15) is 0 Å². The van der Waals surface area contributed by atoms with Crippen molar-refractivity contribution in [3.8, 4) is 0 Å². The number of nitrogens with one attached hydrogen (secondary N) is 1. The predicted molar refractivity (Wildman–Crippen MR) is 94.6 cm³/mol. The van der Waals surface area contributed by atoms with Crippen LogP contribution >= 0.6 is 0 Å². The largest absolute Gasteiger partial charge is 0.380 e. The number of piperidine rings is 2. The average molecular weight is 365 g/mol. The lowest BCUT2D eigenvalue weighted by molar-refractivity contribution is -0.136. The fourth-order valence-corrected chi connectivity index (χ4v) is 3.63. The molecule has 0 aliphatic carbocycles. The number of nitrogens with zero attached hydrogens (tertiary/aromatic N) is 2. The van der Waals surface area contributed by atoms with E-state index in [1.807, 2.05) is 0 Å². The van der Waals surface area contributed by atoms with Crippen molar-refractivity contribution in [2.75, 3.05) is 31.5 Å². The Balaban J connectivity index is 1.49. The van der Waals surface area contributed by atoms with E-state index < -0.39 is 11.6 Å². The van der Waals surface area contributed by atoms with Gasteiger partial charge in [-0.3, -0.25) is 9.59 Å². The standard InChI is InChI=1S/C19H25F2N3O2/c20-16-7-6-14(12-17(16)21)22-15-4-3-10-24(13-15)19(26)8-11-23-9-2-1-5-18(23)25/h6-7,12,15,22H,1-5,8-11,13H2/t15-/m0/s1. The highest BCUT2D eigenvalue weighted by atomic mass is 19.2. The van der Waals surface area contributed by atoms with Crippen LogP contribution in [0.15, 0.2) is 18.2 Å². The first-order valence-corrected chi connectivity index (χ1v) is 9.30. The average Bonchev–Trinajstić information content (AvgIpc) is 2.64. The Morgan fingerprint density at radius 2 is 2.00 bits per heavy atom. The Morgan fingerprint density at radius 3 is 2.77 bits per heavy atom. The number of amides is 2. The second-order valence-electron chi connectivity index (χ2n) is 7.04. The van der Waals surface area contributed by atoms with E-state index in [0.29, 0.717) is 38.2 Å². The maximum absolute atomic E-state index is 13.3. The Hall–Kier alpha value is -2.18. The van der Waals surface area contributed by atoms with Gasteiger partial charge in [-0.25, -0.2) is 8.78 Å². The van der Waals surface area contributed by atoms with Gasteiger partial charge in [-0.1, -0.05) is 0 Å². The molecule has 2 amide bonds. The molecule has 2 heterocycles. The summed E-state index contributed by atoms with van der Waals surface area (Å²) in [7, 11) is 0. The number of hydrogen-bond acceptors (Lipinski definition) is 3. The lowest BCUT2D eigenvalue weighted by Gasteiger charge is -2.34. The molecule has 5 nitrogen and oxygen atoms in total. The smallest absolute Gasteiger partial charge is 0.224 e. The summed E-state index contributed by atoms with van der Waals surface area (Å²) < 4.78 is 26.4. The Morgan fingerprint density at radius 1 is 1.15 bits per heavy atom. The molecule has 0 aromatic heterocycles. The second-order valence-corrected chi connectivity index (χ2v) is 7.04. The number of carbonyl (C=O) groups is 2. The summed E-state index contributed by atoms with van der Waals surface area (Å²) in [5, 5.41) is 3.18. The normalized spacial score (nSPS) is 21.0. The molecule has 0 radical (unpaired) electrons. The third-order valence-corrected chi connectivity index (χ3v) is 5.08. The molecule has 1 N–H and O–H groups in total. The summed E-state index contributed by atoms with van der Waals surface area (Å²) in [5.74, 6) is -1.58. The molecule has 0 unspecified atom stereocenters. The lowest BCUT2D eigenvalue weighted by Crippen LogP contribution is -2.46. The molecular weight excluding hydrogens is 340 g/mol. The number of rotatable bonds is 5. The Kier molecular flexibility index (Phi) is 6.06. The SMILES string of the molecule is O=C1CCCCN1CCC(=O)N1CCC[C@H](Nc2ccc(F)c(F)c2)C1. The molecule has 26 heavy (non-hydrogen) atoms. The quantitative estimate of drug-likeness (QED) is 0.873. The predicted octanol–water partition coefficient (Wildman–Crippen LogP) is 2.77. The van der Waals surface area contributed by atoms with Crippen LogP contribution in [0.2, 0.25) is 0 Å². The molecular formula is C19H25F2N3O2. The zero-order chi connectivity index (χ0) is 18.5. The number of halogens is 2. The van der Waals surface area contributed by atoms with E-state index in [-0.39, 0.29) is 17.9 Å². The van der Waals surface area contributed by atoms with Crippen LogP contribution in [0.1, 0.15) is 38.5 Å². The highest BCUT2D eigenvalue weighted by molar-refractivity contribution is 5.79. The number of anilines is 1. The zero-order valence-electron chi connectivity index (χ0n) is 14.8. The van der Waals surface area contributed by atoms with Crippen molar-refractivity contribution in [3.63, 3.8) is 0 Å². The molecule has 7 heteroatoms. The summed E-state index contributed by atoms with van der Waals surface area (Å²) >= 11 is 0. The van der Waals surface area contributed by atoms with Crippen LogP contribution in [0.4, 0.5) is 14.5 Å². The summed E-state index contributed by atoms with van der Waals surface area (Å²) in [4.78, 5) is 27.9. The molecule has 2 aliphatic heterocycles. The van der Waals surface area contributed by atoms with Crippen molar-refractivity contribution < 1.29 is 18.4 Å². The number of benzene rings is 1. The van der Waals surface area contributed by atoms with Crippen LogP contribution < -0.4 is 5.32 Å². The zero-order valence-corrected chi connectivity index (χ0v) is 14.8. The molecule has 1 aromatic carbocycles. The van der Waals surface area contributed by atoms with Gasteiger partial charge in [0.2, 0.25) is 11.8 Å². The molecule has 3 rings (SSSR count). The Labute approximate surface area is 152 Å². The number of hydrogen-bond donors (Lipinski definition) is 1. The third-order valence-electron chi connectivity index (χ3n) is 5.08.